The SMILES string of the molecule is COCc1ccc(OC)c(CCCC(=O)O)c1F. The highest BCUT2D eigenvalue weighted by atomic mass is 19.1. The lowest BCUT2D eigenvalue weighted by Crippen LogP contribution is -2.03. The predicted octanol–water partition coefficient (Wildman–Crippen LogP) is 2.39. The summed E-state index contributed by atoms with van der Waals surface area (Å²) in [7, 11) is 2.96. The minimum Gasteiger partial charge on any atom is -0.496 e. The van der Waals surface area contributed by atoms with Crippen LogP contribution in [0, 0.1) is 5.82 Å². The summed E-state index contributed by atoms with van der Waals surface area (Å²) < 4.78 is 24.1. The summed E-state index contributed by atoms with van der Waals surface area (Å²) in [6.45, 7) is 0.182. The summed E-state index contributed by atoms with van der Waals surface area (Å²) >= 11 is 0. The third kappa shape index (κ3) is 3.70. The molecule has 0 heterocycles. The molecule has 1 aromatic rings. The van der Waals surface area contributed by atoms with Crippen molar-refractivity contribution in [3.05, 3.63) is 29.1 Å². The molecule has 0 radical (unpaired) electrons. The van der Waals surface area contributed by atoms with Gasteiger partial charge in [0.25, 0.3) is 0 Å². The van der Waals surface area contributed by atoms with E-state index in [1.807, 2.05) is 0 Å². The molecule has 18 heavy (non-hydrogen) atoms. The van der Waals surface area contributed by atoms with Gasteiger partial charge in [0, 0.05) is 24.7 Å². The summed E-state index contributed by atoms with van der Waals surface area (Å²) in [5.41, 5.74) is 0.858. The van der Waals surface area contributed by atoms with Gasteiger partial charge in [-0.2, -0.15) is 0 Å². The molecule has 0 saturated carbocycles. The second kappa shape index (κ2) is 6.96. The van der Waals surface area contributed by atoms with Crippen molar-refractivity contribution in [2.24, 2.45) is 0 Å². The van der Waals surface area contributed by atoms with Crippen molar-refractivity contribution in [3.63, 3.8) is 0 Å². The molecule has 0 amide bonds. The normalized spacial score (nSPS) is 10.4. The van der Waals surface area contributed by atoms with Crippen molar-refractivity contribution in [1.82, 2.24) is 0 Å². The smallest absolute Gasteiger partial charge is 0.303 e. The summed E-state index contributed by atoms with van der Waals surface area (Å²) in [6, 6.07) is 3.28. The topological polar surface area (TPSA) is 55.8 Å². The number of carbonyl (C=O) groups is 1. The minimum absolute atomic E-state index is 0.0110. The van der Waals surface area contributed by atoms with Gasteiger partial charge in [0.2, 0.25) is 0 Å². The van der Waals surface area contributed by atoms with Crippen molar-refractivity contribution in [2.75, 3.05) is 14.2 Å². The Morgan fingerprint density at radius 2 is 2.11 bits per heavy atom. The maximum absolute atomic E-state index is 14.1. The molecule has 1 aromatic carbocycles. The van der Waals surface area contributed by atoms with Crippen molar-refractivity contribution in [1.29, 1.82) is 0 Å². The fraction of sp³-hybridized carbons (Fsp3) is 0.462. The first-order valence-corrected chi connectivity index (χ1v) is 5.65. The molecule has 0 aliphatic rings. The Balaban J connectivity index is 2.90. The minimum atomic E-state index is -0.887. The Bertz CT molecular complexity index is 418. The fourth-order valence-electron chi connectivity index (χ4n) is 1.76. The zero-order valence-corrected chi connectivity index (χ0v) is 10.5. The molecular formula is C13H17FO4. The Hall–Kier alpha value is -1.62. The number of carboxylic acid groups (broad SMARTS) is 1. The average molecular weight is 256 g/mol. The Labute approximate surface area is 105 Å². The molecule has 0 saturated heterocycles. The second-order valence-corrected chi connectivity index (χ2v) is 3.90. The van der Waals surface area contributed by atoms with Crippen LogP contribution >= 0.6 is 0 Å². The van der Waals surface area contributed by atoms with Gasteiger partial charge in [0.05, 0.1) is 13.7 Å². The van der Waals surface area contributed by atoms with Crippen LogP contribution in [0.3, 0.4) is 0 Å². The Morgan fingerprint density at radius 3 is 2.67 bits per heavy atom. The molecule has 0 atom stereocenters. The molecule has 0 aromatic heterocycles. The molecule has 5 heteroatoms. The van der Waals surface area contributed by atoms with Crippen LogP contribution < -0.4 is 4.74 Å². The average Bonchev–Trinajstić information content (AvgIpc) is 2.33. The highest BCUT2D eigenvalue weighted by molar-refractivity contribution is 5.66. The predicted molar refractivity (Wildman–Crippen MR) is 64.2 cm³/mol. The molecule has 100 valence electrons. The van der Waals surface area contributed by atoms with Gasteiger partial charge in [-0.25, -0.2) is 4.39 Å². The number of carboxylic acids is 1. The van der Waals surface area contributed by atoms with Crippen molar-refractivity contribution in [3.8, 4) is 5.75 Å². The first-order chi connectivity index (χ1) is 8.60. The summed E-state index contributed by atoms with van der Waals surface area (Å²) in [4.78, 5) is 10.5. The van der Waals surface area contributed by atoms with Gasteiger partial charge in [-0.3, -0.25) is 4.79 Å². The number of halogens is 1. The maximum Gasteiger partial charge on any atom is 0.303 e. The van der Waals surface area contributed by atoms with Gasteiger partial charge in [-0.1, -0.05) is 6.07 Å². The Morgan fingerprint density at radius 1 is 1.39 bits per heavy atom. The molecule has 0 fully saturated rings. The van der Waals surface area contributed by atoms with Crippen LogP contribution in [0.1, 0.15) is 24.0 Å². The lowest BCUT2D eigenvalue weighted by atomic mass is 10.0. The number of benzene rings is 1. The zero-order valence-electron chi connectivity index (χ0n) is 10.5. The molecule has 0 unspecified atom stereocenters. The van der Waals surface area contributed by atoms with E-state index in [2.05, 4.69) is 0 Å². The summed E-state index contributed by atoms with van der Waals surface area (Å²) in [6.07, 6.45) is 0.717. The number of methoxy groups -OCH3 is 2. The number of ether oxygens (including phenoxy) is 2. The highest BCUT2D eigenvalue weighted by Gasteiger charge is 2.14. The van der Waals surface area contributed by atoms with Crippen LogP contribution in [0.2, 0.25) is 0 Å². The highest BCUT2D eigenvalue weighted by Crippen LogP contribution is 2.26. The van der Waals surface area contributed by atoms with E-state index >= 15 is 0 Å². The van der Waals surface area contributed by atoms with Gasteiger partial charge in [0.1, 0.15) is 11.6 Å². The molecule has 0 aliphatic carbocycles. The van der Waals surface area contributed by atoms with Crippen LogP contribution in [0.4, 0.5) is 4.39 Å². The second-order valence-electron chi connectivity index (χ2n) is 3.90. The van der Waals surface area contributed by atoms with E-state index in [0.717, 1.165) is 0 Å². The summed E-state index contributed by atoms with van der Waals surface area (Å²) in [5, 5.41) is 8.58. The van der Waals surface area contributed by atoms with Gasteiger partial charge < -0.3 is 14.6 Å². The quantitative estimate of drug-likeness (QED) is 0.813. The number of aliphatic carboxylic acids is 1. The molecule has 0 aliphatic heterocycles. The maximum atomic E-state index is 14.1. The van der Waals surface area contributed by atoms with Gasteiger partial charge in [-0.15, -0.1) is 0 Å². The van der Waals surface area contributed by atoms with Crippen molar-refractivity contribution >= 4 is 5.97 Å². The van der Waals surface area contributed by atoms with Gasteiger partial charge in [-0.05, 0) is 18.9 Å². The number of hydrogen-bond donors (Lipinski definition) is 1. The van der Waals surface area contributed by atoms with Crippen molar-refractivity contribution < 1.29 is 23.8 Å². The van der Waals surface area contributed by atoms with Crippen LogP contribution in [0.25, 0.3) is 0 Å². The lowest BCUT2D eigenvalue weighted by molar-refractivity contribution is -0.137. The monoisotopic (exact) mass is 256 g/mol. The van der Waals surface area contributed by atoms with E-state index in [0.29, 0.717) is 29.7 Å². The molecule has 4 nitrogen and oxygen atoms in total. The largest absolute Gasteiger partial charge is 0.496 e. The van der Waals surface area contributed by atoms with E-state index in [4.69, 9.17) is 14.6 Å². The Kier molecular flexibility index (Phi) is 5.58. The number of hydrogen-bond acceptors (Lipinski definition) is 3. The van der Waals surface area contributed by atoms with Crippen molar-refractivity contribution in [2.45, 2.75) is 25.9 Å². The zero-order chi connectivity index (χ0) is 13.5. The van der Waals surface area contributed by atoms with E-state index < -0.39 is 5.97 Å². The standard InChI is InChI=1S/C13H17FO4/c1-17-8-9-6-7-11(18-2)10(13(9)14)4-3-5-12(15)16/h6-7H,3-5,8H2,1-2H3,(H,15,16). The molecule has 0 bridgehead atoms. The third-order valence-electron chi connectivity index (χ3n) is 2.62. The van der Waals surface area contributed by atoms with Gasteiger partial charge in [0.15, 0.2) is 0 Å². The molecular weight excluding hydrogens is 239 g/mol. The van der Waals surface area contributed by atoms with E-state index in [-0.39, 0.29) is 18.8 Å². The summed E-state index contributed by atoms with van der Waals surface area (Å²) in [5.74, 6) is -0.818. The van der Waals surface area contributed by atoms with Crippen LogP contribution in [-0.4, -0.2) is 25.3 Å². The van der Waals surface area contributed by atoms with E-state index in [1.165, 1.54) is 14.2 Å². The number of rotatable bonds is 7. The van der Waals surface area contributed by atoms with E-state index in [9.17, 15) is 9.18 Å². The molecule has 0 spiro atoms. The van der Waals surface area contributed by atoms with Crippen LogP contribution in [0.15, 0.2) is 12.1 Å². The molecule has 1 N–H and O–H groups in total. The third-order valence-corrected chi connectivity index (χ3v) is 2.62. The first kappa shape index (κ1) is 14.4. The van der Waals surface area contributed by atoms with E-state index in [1.54, 1.807) is 12.1 Å². The molecule has 1 rings (SSSR count). The lowest BCUT2D eigenvalue weighted by Gasteiger charge is -2.12. The fourth-order valence-corrected chi connectivity index (χ4v) is 1.76. The van der Waals surface area contributed by atoms with Gasteiger partial charge >= 0.3 is 5.97 Å². The first-order valence-electron chi connectivity index (χ1n) is 5.65. The van der Waals surface area contributed by atoms with Crippen LogP contribution in [-0.2, 0) is 22.6 Å². The van der Waals surface area contributed by atoms with Crippen LogP contribution in [0.5, 0.6) is 5.75 Å².